The lowest BCUT2D eigenvalue weighted by molar-refractivity contribution is -0.122. The Hall–Kier alpha value is -3.15. The number of carbonyl (C=O) groups excluding carboxylic acids is 1. The lowest BCUT2D eigenvalue weighted by Crippen LogP contribution is -2.32. The molecule has 1 aliphatic rings. The van der Waals surface area contributed by atoms with E-state index in [-0.39, 0.29) is 17.5 Å². The molecular formula is C21H21N3O3. The molecule has 0 radical (unpaired) electrons. The second-order valence-corrected chi connectivity index (χ2v) is 6.68. The van der Waals surface area contributed by atoms with E-state index < -0.39 is 0 Å². The van der Waals surface area contributed by atoms with E-state index in [2.05, 4.69) is 15.3 Å². The Balaban J connectivity index is 1.35. The van der Waals surface area contributed by atoms with Crippen molar-refractivity contribution < 1.29 is 9.53 Å². The first-order chi connectivity index (χ1) is 13.2. The summed E-state index contributed by atoms with van der Waals surface area (Å²) in [5.41, 5.74) is 1.57. The van der Waals surface area contributed by atoms with Gasteiger partial charge in [-0.15, -0.1) is 0 Å². The maximum absolute atomic E-state index is 12.3. The highest BCUT2D eigenvalue weighted by Gasteiger charge is 2.22. The lowest BCUT2D eigenvalue weighted by atomic mass is 10.0. The second kappa shape index (κ2) is 7.61. The lowest BCUT2D eigenvalue weighted by Gasteiger charge is -2.26. The number of nitrogens with one attached hydrogen (secondary N) is 2. The molecule has 0 fully saturated rings. The number of H-pyrrole nitrogens is 1. The van der Waals surface area contributed by atoms with Crippen molar-refractivity contribution >= 4 is 16.8 Å². The molecule has 0 bridgehead atoms. The van der Waals surface area contributed by atoms with Gasteiger partial charge in [-0.3, -0.25) is 9.59 Å². The molecule has 1 atom stereocenters. The summed E-state index contributed by atoms with van der Waals surface area (Å²) in [6, 6.07) is 15.0. The first-order valence-electron chi connectivity index (χ1n) is 9.20. The molecule has 2 aromatic carbocycles. The van der Waals surface area contributed by atoms with Gasteiger partial charge >= 0.3 is 0 Å². The molecule has 0 unspecified atom stereocenters. The minimum atomic E-state index is -0.140. The molecule has 6 heteroatoms. The number of hydrogen-bond acceptors (Lipinski definition) is 4. The van der Waals surface area contributed by atoms with Gasteiger partial charge in [0.25, 0.3) is 5.56 Å². The van der Waals surface area contributed by atoms with Gasteiger partial charge in [-0.25, -0.2) is 4.98 Å². The number of rotatable bonds is 5. The van der Waals surface area contributed by atoms with Crippen molar-refractivity contribution in [2.45, 2.75) is 31.7 Å². The zero-order valence-electron chi connectivity index (χ0n) is 14.9. The molecule has 6 nitrogen and oxygen atoms in total. The Morgan fingerprint density at radius 2 is 2.00 bits per heavy atom. The first-order valence-corrected chi connectivity index (χ1v) is 9.20. The number of hydrogen-bond donors (Lipinski definition) is 2. The van der Waals surface area contributed by atoms with Crippen molar-refractivity contribution in [3.05, 3.63) is 70.3 Å². The summed E-state index contributed by atoms with van der Waals surface area (Å²) in [7, 11) is 0. The van der Waals surface area contributed by atoms with E-state index in [1.807, 2.05) is 42.5 Å². The fraction of sp³-hybridized carbons (Fsp3) is 0.286. The van der Waals surface area contributed by atoms with E-state index in [0.717, 1.165) is 17.7 Å². The van der Waals surface area contributed by atoms with Crippen LogP contribution in [-0.2, 0) is 11.2 Å². The van der Waals surface area contributed by atoms with E-state index in [1.165, 1.54) is 0 Å². The molecule has 3 aromatic rings. The van der Waals surface area contributed by atoms with Crippen molar-refractivity contribution in [1.29, 1.82) is 0 Å². The fourth-order valence-corrected chi connectivity index (χ4v) is 3.43. The normalized spacial score (nSPS) is 15.8. The third kappa shape index (κ3) is 3.84. The Morgan fingerprint density at radius 1 is 1.19 bits per heavy atom. The van der Waals surface area contributed by atoms with Crippen LogP contribution in [0.3, 0.4) is 0 Å². The number of ether oxygens (including phenoxy) is 1. The Kier molecular flexibility index (Phi) is 4.87. The number of amides is 1. The average molecular weight is 363 g/mol. The fourth-order valence-electron chi connectivity index (χ4n) is 3.43. The zero-order chi connectivity index (χ0) is 18.6. The number of para-hydroxylation sites is 2. The number of nitrogens with zero attached hydrogens (tertiary/aromatic N) is 1. The summed E-state index contributed by atoms with van der Waals surface area (Å²) in [4.78, 5) is 31.7. The first kappa shape index (κ1) is 17.3. The van der Waals surface area contributed by atoms with Crippen LogP contribution in [0.2, 0.25) is 0 Å². The van der Waals surface area contributed by atoms with Crippen molar-refractivity contribution in [3.8, 4) is 5.75 Å². The minimum Gasteiger partial charge on any atom is -0.493 e. The van der Waals surface area contributed by atoms with Crippen LogP contribution in [0.25, 0.3) is 10.9 Å². The summed E-state index contributed by atoms with van der Waals surface area (Å²) < 4.78 is 5.63. The van der Waals surface area contributed by atoms with Gasteiger partial charge < -0.3 is 15.0 Å². The molecular weight excluding hydrogens is 342 g/mol. The van der Waals surface area contributed by atoms with Gasteiger partial charge in [0.15, 0.2) is 0 Å². The SMILES string of the molecule is O=C(CCCc1nc2ccccc2c(=O)[nH]1)N[C@@H]1CCOc2ccccc21. The van der Waals surface area contributed by atoms with E-state index >= 15 is 0 Å². The Labute approximate surface area is 156 Å². The van der Waals surface area contributed by atoms with Crippen molar-refractivity contribution in [3.63, 3.8) is 0 Å². The van der Waals surface area contributed by atoms with Gasteiger partial charge in [-0.05, 0) is 24.6 Å². The molecule has 2 N–H and O–H groups in total. The van der Waals surface area contributed by atoms with Crippen LogP contribution in [0.4, 0.5) is 0 Å². The molecule has 0 aliphatic carbocycles. The Morgan fingerprint density at radius 3 is 2.93 bits per heavy atom. The molecule has 27 heavy (non-hydrogen) atoms. The van der Waals surface area contributed by atoms with E-state index in [4.69, 9.17) is 4.74 Å². The molecule has 0 saturated heterocycles. The summed E-state index contributed by atoms with van der Waals surface area (Å²) in [6.07, 6.45) is 2.33. The van der Waals surface area contributed by atoms with Crippen LogP contribution in [0.5, 0.6) is 5.75 Å². The topological polar surface area (TPSA) is 84.1 Å². The van der Waals surface area contributed by atoms with Gasteiger partial charge in [0.05, 0.1) is 23.6 Å². The minimum absolute atomic E-state index is 0.000149. The summed E-state index contributed by atoms with van der Waals surface area (Å²) in [5.74, 6) is 1.45. The number of carbonyl (C=O) groups is 1. The van der Waals surface area contributed by atoms with Gasteiger partial charge in [-0.1, -0.05) is 30.3 Å². The van der Waals surface area contributed by atoms with Gasteiger partial charge in [0, 0.05) is 24.8 Å². The van der Waals surface area contributed by atoms with Crippen LogP contribution in [0, 0.1) is 0 Å². The van der Waals surface area contributed by atoms with Crippen LogP contribution in [-0.4, -0.2) is 22.5 Å². The van der Waals surface area contributed by atoms with Crippen molar-refractivity contribution in [2.75, 3.05) is 6.61 Å². The largest absolute Gasteiger partial charge is 0.493 e. The number of aryl methyl sites for hydroxylation is 1. The van der Waals surface area contributed by atoms with Crippen LogP contribution < -0.4 is 15.6 Å². The van der Waals surface area contributed by atoms with Crippen LogP contribution in [0.15, 0.2) is 53.3 Å². The molecule has 1 aromatic heterocycles. The van der Waals surface area contributed by atoms with E-state index in [1.54, 1.807) is 6.07 Å². The molecule has 138 valence electrons. The smallest absolute Gasteiger partial charge is 0.258 e. The number of fused-ring (bicyclic) bond motifs is 2. The van der Waals surface area contributed by atoms with Crippen LogP contribution >= 0.6 is 0 Å². The molecule has 1 aliphatic heterocycles. The third-order valence-corrected chi connectivity index (χ3v) is 4.77. The average Bonchev–Trinajstić information content (AvgIpc) is 2.68. The highest BCUT2D eigenvalue weighted by molar-refractivity contribution is 5.77. The predicted molar refractivity (Wildman–Crippen MR) is 103 cm³/mol. The standard InChI is InChI=1S/C21H21N3O3/c25-20(23-17-12-13-27-18-9-4-2-6-14(17)18)11-5-10-19-22-16-8-3-1-7-15(16)21(26)24-19/h1-4,6-9,17H,5,10-13H2,(H,23,25)(H,22,24,26)/t17-/m1/s1. The third-order valence-electron chi connectivity index (χ3n) is 4.77. The highest BCUT2D eigenvalue weighted by atomic mass is 16.5. The predicted octanol–water partition coefficient (Wildman–Crippen LogP) is 2.89. The summed E-state index contributed by atoms with van der Waals surface area (Å²) in [5, 5.41) is 3.67. The highest BCUT2D eigenvalue weighted by Crippen LogP contribution is 2.31. The van der Waals surface area contributed by atoms with Crippen molar-refractivity contribution in [2.24, 2.45) is 0 Å². The van der Waals surface area contributed by atoms with E-state index in [0.29, 0.717) is 42.6 Å². The van der Waals surface area contributed by atoms with Gasteiger partial charge in [0.2, 0.25) is 5.91 Å². The summed E-state index contributed by atoms with van der Waals surface area (Å²) in [6.45, 7) is 0.601. The van der Waals surface area contributed by atoms with Gasteiger partial charge in [0.1, 0.15) is 11.6 Å². The van der Waals surface area contributed by atoms with Gasteiger partial charge in [-0.2, -0.15) is 0 Å². The quantitative estimate of drug-likeness (QED) is 0.730. The molecule has 1 amide bonds. The van der Waals surface area contributed by atoms with E-state index in [9.17, 15) is 9.59 Å². The van der Waals surface area contributed by atoms with Crippen LogP contribution in [0.1, 0.15) is 36.7 Å². The number of benzene rings is 2. The molecule has 0 spiro atoms. The Bertz CT molecular complexity index is 1030. The number of aromatic amines is 1. The second-order valence-electron chi connectivity index (χ2n) is 6.68. The number of aromatic nitrogens is 2. The maximum Gasteiger partial charge on any atom is 0.258 e. The molecule has 2 heterocycles. The molecule has 0 saturated carbocycles. The molecule has 4 rings (SSSR count). The monoisotopic (exact) mass is 363 g/mol. The maximum atomic E-state index is 12.3. The van der Waals surface area contributed by atoms with Crippen molar-refractivity contribution in [1.82, 2.24) is 15.3 Å². The summed E-state index contributed by atoms with van der Waals surface area (Å²) >= 11 is 0. The zero-order valence-corrected chi connectivity index (χ0v) is 14.9.